The van der Waals surface area contributed by atoms with Crippen LogP contribution in [0.3, 0.4) is 0 Å². The van der Waals surface area contributed by atoms with Crippen molar-refractivity contribution in [3.8, 4) is 0 Å². The van der Waals surface area contributed by atoms with Crippen LogP contribution in [-0.4, -0.2) is 51.9 Å². The predicted molar refractivity (Wildman–Crippen MR) is 108 cm³/mol. The van der Waals surface area contributed by atoms with Gasteiger partial charge in [0.1, 0.15) is 11.6 Å². The molecule has 0 unspecified atom stereocenters. The molecule has 1 saturated heterocycles. The molecule has 4 heterocycles. The van der Waals surface area contributed by atoms with Crippen LogP contribution in [0, 0.1) is 0 Å². The van der Waals surface area contributed by atoms with Crippen LogP contribution in [0.25, 0.3) is 0 Å². The summed E-state index contributed by atoms with van der Waals surface area (Å²) in [6.07, 6.45) is 5.19. The number of hydrogen-bond donors (Lipinski definition) is 1. The van der Waals surface area contributed by atoms with Gasteiger partial charge in [-0.3, -0.25) is 9.78 Å². The Labute approximate surface area is 164 Å². The van der Waals surface area contributed by atoms with Crippen molar-refractivity contribution >= 4 is 17.5 Å². The molecule has 1 fully saturated rings. The topological polar surface area (TPSA) is 74.2 Å². The van der Waals surface area contributed by atoms with Crippen molar-refractivity contribution in [2.24, 2.45) is 0 Å². The number of hydrogen-bond acceptors (Lipinski definition) is 6. The van der Waals surface area contributed by atoms with E-state index in [0.29, 0.717) is 25.2 Å². The molecule has 1 aliphatic rings. The highest BCUT2D eigenvalue weighted by molar-refractivity contribution is 5.94. The third-order valence-corrected chi connectivity index (χ3v) is 4.73. The van der Waals surface area contributed by atoms with Gasteiger partial charge in [0.25, 0.3) is 5.91 Å². The van der Waals surface area contributed by atoms with Crippen LogP contribution in [0.1, 0.15) is 16.1 Å². The molecular formula is C21H22N6O. The van der Waals surface area contributed by atoms with Crippen molar-refractivity contribution in [2.45, 2.75) is 6.54 Å². The maximum absolute atomic E-state index is 12.8. The second kappa shape index (κ2) is 8.47. The smallest absolute Gasteiger partial charge is 0.255 e. The van der Waals surface area contributed by atoms with E-state index in [1.54, 1.807) is 18.6 Å². The summed E-state index contributed by atoms with van der Waals surface area (Å²) in [6, 6.07) is 15.3. The Hall–Kier alpha value is -3.48. The van der Waals surface area contributed by atoms with Gasteiger partial charge < -0.3 is 15.1 Å². The zero-order valence-corrected chi connectivity index (χ0v) is 15.5. The Kier molecular flexibility index (Phi) is 5.42. The molecular weight excluding hydrogens is 352 g/mol. The average molecular weight is 374 g/mol. The number of aromatic nitrogens is 3. The molecule has 1 aliphatic heterocycles. The molecule has 1 amide bonds. The lowest BCUT2D eigenvalue weighted by Gasteiger charge is -2.35. The molecule has 28 heavy (non-hydrogen) atoms. The number of amides is 1. The Morgan fingerprint density at radius 1 is 0.893 bits per heavy atom. The van der Waals surface area contributed by atoms with E-state index in [1.165, 1.54) is 0 Å². The minimum absolute atomic E-state index is 0.0180. The quantitative estimate of drug-likeness (QED) is 0.739. The number of anilines is 2. The number of nitrogens with one attached hydrogen (secondary N) is 1. The Balaban J connectivity index is 1.31. The van der Waals surface area contributed by atoms with Gasteiger partial charge in [-0.2, -0.15) is 0 Å². The van der Waals surface area contributed by atoms with Crippen molar-refractivity contribution in [1.29, 1.82) is 0 Å². The number of pyridine rings is 3. The van der Waals surface area contributed by atoms with Gasteiger partial charge in [-0.1, -0.05) is 12.1 Å². The zero-order chi connectivity index (χ0) is 19.2. The van der Waals surface area contributed by atoms with Gasteiger partial charge in [0.15, 0.2) is 0 Å². The van der Waals surface area contributed by atoms with E-state index in [0.717, 1.165) is 30.4 Å². The van der Waals surface area contributed by atoms with E-state index < -0.39 is 0 Å². The molecule has 3 aromatic rings. The van der Waals surface area contributed by atoms with E-state index in [2.05, 4.69) is 25.2 Å². The molecule has 0 aliphatic carbocycles. The third-order valence-electron chi connectivity index (χ3n) is 4.73. The molecule has 0 saturated carbocycles. The highest BCUT2D eigenvalue weighted by atomic mass is 16.2. The summed E-state index contributed by atoms with van der Waals surface area (Å²) in [6.45, 7) is 3.50. The number of nitrogens with zero attached hydrogens (tertiary/aromatic N) is 5. The second-order valence-corrected chi connectivity index (χ2v) is 6.57. The summed E-state index contributed by atoms with van der Waals surface area (Å²) in [4.78, 5) is 29.8. The lowest BCUT2D eigenvalue weighted by atomic mass is 10.2. The lowest BCUT2D eigenvalue weighted by Crippen LogP contribution is -2.49. The number of carbonyl (C=O) groups is 1. The summed E-state index contributed by atoms with van der Waals surface area (Å²) in [5, 5.41) is 3.22. The lowest BCUT2D eigenvalue weighted by molar-refractivity contribution is 0.0746. The summed E-state index contributed by atoms with van der Waals surface area (Å²) in [5.74, 6) is 1.70. The maximum atomic E-state index is 12.8. The fourth-order valence-electron chi connectivity index (χ4n) is 3.17. The molecule has 0 spiro atoms. The molecule has 0 aromatic carbocycles. The first kappa shape index (κ1) is 17.9. The van der Waals surface area contributed by atoms with Crippen LogP contribution >= 0.6 is 0 Å². The van der Waals surface area contributed by atoms with Crippen LogP contribution in [0.5, 0.6) is 0 Å². The molecule has 4 rings (SSSR count). The second-order valence-electron chi connectivity index (χ2n) is 6.57. The minimum atomic E-state index is 0.0180. The van der Waals surface area contributed by atoms with Crippen molar-refractivity contribution in [2.75, 3.05) is 36.4 Å². The molecule has 3 aromatic heterocycles. The highest BCUT2D eigenvalue weighted by Gasteiger charge is 2.22. The summed E-state index contributed by atoms with van der Waals surface area (Å²) in [5.41, 5.74) is 1.55. The van der Waals surface area contributed by atoms with Crippen LogP contribution in [-0.2, 0) is 6.54 Å². The van der Waals surface area contributed by atoms with E-state index >= 15 is 0 Å². The fourth-order valence-corrected chi connectivity index (χ4v) is 3.17. The largest absolute Gasteiger partial charge is 0.364 e. The van der Waals surface area contributed by atoms with Gasteiger partial charge in [0.2, 0.25) is 0 Å². The van der Waals surface area contributed by atoms with Crippen LogP contribution in [0.2, 0.25) is 0 Å². The van der Waals surface area contributed by atoms with E-state index in [-0.39, 0.29) is 5.91 Å². The average Bonchev–Trinajstić information content (AvgIpc) is 2.79. The van der Waals surface area contributed by atoms with E-state index in [1.807, 2.05) is 53.4 Å². The Morgan fingerprint density at radius 3 is 2.32 bits per heavy atom. The van der Waals surface area contributed by atoms with E-state index in [9.17, 15) is 4.79 Å². The molecule has 7 nitrogen and oxygen atoms in total. The SMILES string of the molecule is O=C(c1ccc(NCc2ccccn2)nc1)N1CCN(c2ccccn2)CC1. The summed E-state index contributed by atoms with van der Waals surface area (Å²) >= 11 is 0. The molecule has 0 radical (unpaired) electrons. The standard InChI is InChI=1S/C21H22N6O/c28-21(27-13-11-26(12-14-27)20-6-2-4-10-23-20)17-7-8-19(24-15-17)25-16-18-5-1-3-9-22-18/h1-10,15H,11-14,16H2,(H,24,25). The van der Waals surface area contributed by atoms with Crippen LogP contribution < -0.4 is 10.2 Å². The molecule has 142 valence electrons. The van der Waals surface area contributed by atoms with Gasteiger partial charge in [0, 0.05) is 44.8 Å². The molecule has 7 heteroatoms. The van der Waals surface area contributed by atoms with Gasteiger partial charge in [-0.25, -0.2) is 9.97 Å². The van der Waals surface area contributed by atoms with Crippen LogP contribution in [0.15, 0.2) is 67.1 Å². The predicted octanol–water partition coefficient (Wildman–Crippen LogP) is 2.45. The van der Waals surface area contributed by atoms with Crippen molar-refractivity contribution in [1.82, 2.24) is 19.9 Å². The Bertz CT molecular complexity index is 893. The maximum Gasteiger partial charge on any atom is 0.255 e. The summed E-state index contributed by atoms with van der Waals surface area (Å²) < 4.78 is 0. The first-order chi connectivity index (χ1) is 13.8. The number of carbonyl (C=O) groups excluding carboxylic acids is 1. The number of rotatable bonds is 5. The fraction of sp³-hybridized carbons (Fsp3) is 0.238. The first-order valence-electron chi connectivity index (χ1n) is 9.35. The van der Waals surface area contributed by atoms with Crippen molar-refractivity contribution in [3.05, 3.63) is 78.4 Å². The first-order valence-corrected chi connectivity index (χ1v) is 9.35. The molecule has 1 N–H and O–H groups in total. The van der Waals surface area contributed by atoms with Gasteiger partial charge >= 0.3 is 0 Å². The minimum Gasteiger partial charge on any atom is -0.364 e. The highest BCUT2D eigenvalue weighted by Crippen LogP contribution is 2.15. The van der Waals surface area contributed by atoms with E-state index in [4.69, 9.17) is 0 Å². The van der Waals surface area contributed by atoms with Crippen molar-refractivity contribution < 1.29 is 4.79 Å². The van der Waals surface area contributed by atoms with Gasteiger partial charge in [-0.15, -0.1) is 0 Å². The number of piperazine rings is 1. The summed E-state index contributed by atoms with van der Waals surface area (Å²) in [7, 11) is 0. The monoisotopic (exact) mass is 374 g/mol. The zero-order valence-electron chi connectivity index (χ0n) is 15.5. The molecule has 0 atom stereocenters. The Morgan fingerprint density at radius 2 is 1.68 bits per heavy atom. The third kappa shape index (κ3) is 4.25. The molecule has 0 bridgehead atoms. The van der Waals surface area contributed by atoms with Crippen molar-refractivity contribution in [3.63, 3.8) is 0 Å². The van der Waals surface area contributed by atoms with Gasteiger partial charge in [-0.05, 0) is 36.4 Å². The normalized spacial score (nSPS) is 14.0. The van der Waals surface area contributed by atoms with Gasteiger partial charge in [0.05, 0.1) is 17.8 Å². The van der Waals surface area contributed by atoms with Crippen LogP contribution in [0.4, 0.5) is 11.6 Å².